The molecule has 74 valence electrons. The van der Waals surface area contributed by atoms with Gasteiger partial charge in [0.1, 0.15) is 0 Å². The number of hydrogen-bond donors (Lipinski definition) is 3. The molecule has 14 heavy (non-hydrogen) atoms. The Balaban J connectivity index is 3.07. The molecule has 1 rings (SSSR count). The standard InChI is InChI=1S/C7H9BN2O4/c1-14-7(11)6-5(9)2-4(3-10-6)8(12)13/h2-3,12-13H,9H2,1H3. The van der Waals surface area contributed by atoms with E-state index < -0.39 is 13.1 Å². The van der Waals surface area contributed by atoms with Crippen LogP contribution in [0.3, 0.4) is 0 Å². The van der Waals surface area contributed by atoms with Crippen LogP contribution in [-0.4, -0.2) is 35.2 Å². The highest BCUT2D eigenvalue weighted by Gasteiger charge is 2.16. The number of hydrogen-bond acceptors (Lipinski definition) is 6. The molecular weight excluding hydrogens is 187 g/mol. The lowest BCUT2D eigenvalue weighted by Crippen LogP contribution is -2.31. The molecule has 0 amide bonds. The number of anilines is 1. The van der Waals surface area contributed by atoms with E-state index in [1.807, 2.05) is 0 Å². The molecular formula is C7H9BN2O4. The zero-order valence-electron chi connectivity index (χ0n) is 7.47. The van der Waals surface area contributed by atoms with Gasteiger partial charge in [0.25, 0.3) is 0 Å². The molecule has 0 aromatic carbocycles. The highest BCUT2D eigenvalue weighted by Crippen LogP contribution is 2.06. The van der Waals surface area contributed by atoms with E-state index in [9.17, 15) is 4.79 Å². The van der Waals surface area contributed by atoms with Gasteiger partial charge in [0.15, 0.2) is 5.69 Å². The highest BCUT2D eigenvalue weighted by molar-refractivity contribution is 6.58. The maximum atomic E-state index is 11.0. The number of esters is 1. The van der Waals surface area contributed by atoms with Crippen LogP contribution in [0.4, 0.5) is 5.69 Å². The predicted octanol–water partition coefficient (Wildman–Crippen LogP) is -1.87. The van der Waals surface area contributed by atoms with Crippen LogP contribution in [0, 0.1) is 0 Å². The monoisotopic (exact) mass is 196 g/mol. The van der Waals surface area contributed by atoms with Crippen molar-refractivity contribution >= 4 is 24.2 Å². The second kappa shape index (κ2) is 4.08. The van der Waals surface area contributed by atoms with E-state index in [0.29, 0.717) is 0 Å². The van der Waals surface area contributed by atoms with Gasteiger partial charge >= 0.3 is 13.1 Å². The van der Waals surface area contributed by atoms with Crippen molar-refractivity contribution < 1.29 is 19.6 Å². The lowest BCUT2D eigenvalue weighted by molar-refractivity contribution is 0.0595. The number of ether oxygens (including phenoxy) is 1. The molecule has 0 aliphatic rings. The molecule has 7 heteroatoms. The minimum Gasteiger partial charge on any atom is -0.464 e. The van der Waals surface area contributed by atoms with Crippen LogP contribution < -0.4 is 11.2 Å². The fourth-order valence-electron chi connectivity index (χ4n) is 0.907. The largest absolute Gasteiger partial charge is 0.490 e. The number of nitrogens with zero attached hydrogens (tertiary/aromatic N) is 1. The van der Waals surface area contributed by atoms with E-state index in [0.717, 1.165) is 6.20 Å². The summed E-state index contributed by atoms with van der Waals surface area (Å²) in [6.45, 7) is 0. The van der Waals surface area contributed by atoms with E-state index in [2.05, 4.69) is 9.72 Å². The van der Waals surface area contributed by atoms with Gasteiger partial charge in [-0.05, 0) is 6.07 Å². The number of carbonyl (C=O) groups is 1. The van der Waals surface area contributed by atoms with Gasteiger partial charge < -0.3 is 20.5 Å². The molecule has 0 unspecified atom stereocenters. The Kier molecular flexibility index (Phi) is 3.05. The molecule has 1 aromatic rings. The second-order valence-electron chi connectivity index (χ2n) is 2.57. The van der Waals surface area contributed by atoms with Crippen LogP contribution >= 0.6 is 0 Å². The van der Waals surface area contributed by atoms with Crippen molar-refractivity contribution in [2.75, 3.05) is 12.8 Å². The normalized spacial score (nSPS) is 9.64. The van der Waals surface area contributed by atoms with Gasteiger partial charge in [-0.2, -0.15) is 0 Å². The van der Waals surface area contributed by atoms with Crippen molar-refractivity contribution in [1.82, 2.24) is 4.98 Å². The van der Waals surface area contributed by atoms with E-state index in [1.54, 1.807) is 0 Å². The van der Waals surface area contributed by atoms with Crippen LogP contribution in [0.1, 0.15) is 10.5 Å². The van der Waals surface area contributed by atoms with Gasteiger partial charge in [0.2, 0.25) is 0 Å². The third kappa shape index (κ3) is 2.01. The molecule has 1 aromatic heterocycles. The highest BCUT2D eigenvalue weighted by atomic mass is 16.5. The Hall–Kier alpha value is -1.60. The smallest absolute Gasteiger partial charge is 0.464 e. The first-order valence-corrected chi connectivity index (χ1v) is 3.76. The maximum absolute atomic E-state index is 11.0. The van der Waals surface area contributed by atoms with Crippen molar-refractivity contribution in [3.8, 4) is 0 Å². The fraction of sp³-hybridized carbons (Fsp3) is 0.143. The minimum atomic E-state index is -1.66. The van der Waals surface area contributed by atoms with Gasteiger partial charge in [-0.1, -0.05) is 0 Å². The zero-order chi connectivity index (χ0) is 10.7. The first-order valence-electron chi connectivity index (χ1n) is 3.76. The van der Waals surface area contributed by atoms with Gasteiger partial charge in [-0.3, -0.25) is 0 Å². The summed E-state index contributed by atoms with van der Waals surface area (Å²) >= 11 is 0. The SMILES string of the molecule is COC(=O)c1ncc(B(O)O)cc1N. The molecule has 0 bridgehead atoms. The van der Waals surface area contributed by atoms with Crippen LogP contribution in [0.2, 0.25) is 0 Å². The molecule has 0 aliphatic heterocycles. The third-order valence-electron chi connectivity index (χ3n) is 1.62. The summed E-state index contributed by atoms with van der Waals surface area (Å²) in [5.41, 5.74) is 5.57. The number of nitrogen functional groups attached to an aromatic ring is 1. The van der Waals surface area contributed by atoms with E-state index in [4.69, 9.17) is 15.8 Å². The molecule has 0 fully saturated rings. The van der Waals surface area contributed by atoms with Gasteiger partial charge in [0, 0.05) is 11.7 Å². The summed E-state index contributed by atoms with van der Waals surface area (Å²) < 4.78 is 4.41. The molecule has 1 heterocycles. The molecule has 0 saturated carbocycles. The summed E-state index contributed by atoms with van der Waals surface area (Å²) in [6, 6.07) is 1.25. The average Bonchev–Trinajstić information content (AvgIpc) is 2.16. The Labute approximate surface area is 80.5 Å². The molecule has 4 N–H and O–H groups in total. The molecule has 0 atom stereocenters. The molecule has 0 radical (unpaired) electrons. The molecule has 0 saturated heterocycles. The molecule has 6 nitrogen and oxygen atoms in total. The van der Waals surface area contributed by atoms with Gasteiger partial charge in [0.05, 0.1) is 12.8 Å². The number of methoxy groups -OCH3 is 1. The third-order valence-corrected chi connectivity index (χ3v) is 1.62. The van der Waals surface area contributed by atoms with E-state index in [1.165, 1.54) is 13.2 Å². The summed E-state index contributed by atoms with van der Waals surface area (Å²) in [5, 5.41) is 17.6. The first-order chi connectivity index (χ1) is 6.56. The summed E-state index contributed by atoms with van der Waals surface area (Å²) in [7, 11) is -0.449. The Morgan fingerprint density at radius 3 is 2.71 bits per heavy atom. The summed E-state index contributed by atoms with van der Waals surface area (Å²) in [4.78, 5) is 14.7. The van der Waals surface area contributed by atoms with Gasteiger partial charge in [-0.15, -0.1) is 0 Å². The topological polar surface area (TPSA) is 106 Å². The number of aromatic nitrogens is 1. The number of nitrogens with two attached hydrogens (primary N) is 1. The minimum absolute atomic E-state index is 0.0439. The number of pyridine rings is 1. The van der Waals surface area contributed by atoms with Crippen LogP contribution in [0.5, 0.6) is 0 Å². The van der Waals surface area contributed by atoms with Crippen LogP contribution in [0.15, 0.2) is 12.3 Å². The summed E-state index contributed by atoms with van der Waals surface area (Å²) in [5.74, 6) is -0.665. The summed E-state index contributed by atoms with van der Waals surface area (Å²) in [6.07, 6.45) is 1.15. The van der Waals surface area contributed by atoms with Crippen molar-refractivity contribution in [3.63, 3.8) is 0 Å². The second-order valence-corrected chi connectivity index (χ2v) is 2.57. The lowest BCUT2D eigenvalue weighted by Gasteiger charge is -2.04. The Bertz CT molecular complexity index is 356. The van der Waals surface area contributed by atoms with Crippen molar-refractivity contribution in [2.24, 2.45) is 0 Å². The van der Waals surface area contributed by atoms with Crippen LogP contribution in [-0.2, 0) is 4.74 Å². The van der Waals surface area contributed by atoms with Crippen LogP contribution in [0.25, 0.3) is 0 Å². The maximum Gasteiger partial charge on any atom is 0.490 e. The average molecular weight is 196 g/mol. The van der Waals surface area contributed by atoms with Gasteiger partial charge in [-0.25, -0.2) is 9.78 Å². The Morgan fingerprint density at radius 2 is 2.29 bits per heavy atom. The molecule has 0 aliphatic carbocycles. The molecule has 0 spiro atoms. The fourth-order valence-corrected chi connectivity index (χ4v) is 0.907. The predicted molar refractivity (Wildman–Crippen MR) is 49.8 cm³/mol. The van der Waals surface area contributed by atoms with E-state index in [-0.39, 0.29) is 16.8 Å². The van der Waals surface area contributed by atoms with Crippen molar-refractivity contribution in [2.45, 2.75) is 0 Å². The van der Waals surface area contributed by atoms with E-state index >= 15 is 0 Å². The number of carbonyl (C=O) groups excluding carboxylic acids is 1. The van der Waals surface area contributed by atoms with Crippen molar-refractivity contribution in [1.29, 1.82) is 0 Å². The quantitative estimate of drug-likeness (QED) is 0.378. The number of rotatable bonds is 2. The lowest BCUT2D eigenvalue weighted by atomic mass is 9.81. The first kappa shape index (κ1) is 10.5. The van der Waals surface area contributed by atoms with Crippen molar-refractivity contribution in [3.05, 3.63) is 18.0 Å². The zero-order valence-corrected chi connectivity index (χ0v) is 7.47. The Morgan fingerprint density at radius 1 is 1.64 bits per heavy atom.